The van der Waals surface area contributed by atoms with Crippen LogP contribution in [0.4, 0.5) is 0 Å². The molecule has 0 aromatic carbocycles. The van der Waals surface area contributed by atoms with Crippen molar-refractivity contribution in [3.8, 4) is 0 Å². The number of nitrogens with one attached hydrogen (secondary N) is 1. The second-order valence-corrected chi connectivity index (χ2v) is 6.41. The summed E-state index contributed by atoms with van der Waals surface area (Å²) < 4.78 is 5.71. The van der Waals surface area contributed by atoms with Crippen LogP contribution in [0.15, 0.2) is 0 Å². The Labute approximate surface area is 107 Å². The highest BCUT2D eigenvalue weighted by Crippen LogP contribution is 2.19. The lowest BCUT2D eigenvalue weighted by molar-refractivity contribution is -0.00177. The molecule has 0 radical (unpaired) electrons. The molecule has 1 aliphatic heterocycles. The fourth-order valence-electron chi connectivity index (χ4n) is 2.68. The minimum absolute atomic E-state index is 0.337. The molecule has 2 atom stereocenters. The Balaban J connectivity index is 2.29. The molecule has 0 bridgehead atoms. The van der Waals surface area contributed by atoms with E-state index in [1.165, 1.54) is 6.42 Å². The minimum atomic E-state index is 0.337. The molecule has 1 N–H and O–H groups in total. The van der Waals surface area contributed by atoms with Crippen LogP contribution < -0.4 is 5.32 Å². The van der Waals surface area contributed by atoms with Crippen LogP contribution in [0.5, 0.6) is 0 Å². The Morgan fingerprint density at radius 2 is 2.06 bits per heavy atom. The molecule has 1 aliphatic rings. The predicted molar refractivity (Wildman–Crippen MR) is 73.4 cm³/mol. The average Bonchev–Trinajstić information content (AvgIpc) is 2.25. The fourth-order valence-corrected chi connectivity index (χ4v) is 2.68. The topological polar surface area (TPSA) is 24.5 Å². The molecule has 0 saturated carbocycles. The summed E-state index contributed by atoms with van der Waals surface area (Å²) in [5.41, 5.74) is 0.337. The number of hydrogen-bond acceptors (Lipinski definition) is 3. The zero-order chi connectivity index (χ0) is 12.9. The normalized spacial score (nSPS) is 26.5. The first-order valence-corrected chi connectivity index (χ1v) is 6.92. The molecule has 102 valence electrons. The van der Waals surface area contributed by atoms with Crippen molar-refractivity contribution in [3.05, 3.63) is 0 Å². The van der Waals surface area contributed by atoms with E-state index in [1.54, 1.807) is 0 Å². The van der Waals surface area contributed by atoms with Gasteiger partial charge in [0.15, 0.2) is 0 Å². The minimum Gasteiger partial charge on any atom is -0.378 e. The van der Waals surface area contributed by atoms with Crippen molar-refractivity contribution in [1.29, 1.82) is 0 Å². The predicted octanol–water partition coefficient (Wildman–Crippen LogP) is 2.12. The van der Waals surface area contributed by atoms with E-state index in [1.807, 2.05) is 0 Å². The maximum atomic E-state index is 5.71. The van der Waals surface area contributed by atoms with Crippen LogP contribution in [0, 0.1) is 5.41 Å². The molecule has 2 unspecified atom stereocenters. The standard InChI is InChI=1S/C14H30N2O/c1-6-13-9-12(7-8-17-13)15-10-14(2,3)11-16(4)5/h12-13,15H,6-11H2,1-5H3. The molecule has 3 heteroatoms. The van der Waals surface area contributed by atoms with Crippen molar-refractivity contribution < 1.29 is 4.74 Å². The van der Waals surface area contributed by atoms with Crippen LogP contribution in [0.3, 0.4) is 0 Å². The van der Waals surface area contributed by atoms with E-state index in [2.05, 4.69) is 45.1 Å². The van der Waals surface area contributed by atoms with Gasteiger partial charge in [0.2, 0.25) is 0 Å². The van der Waals surface area contributed by atoms with Crippen LogP contribution in [0.25, 0.3) is 0 Å². The van der Waals surface area contributed by atoms with Gasteiger partial charge in [-0.15, -0.1) is 0 Å². The maximum Gasteiger partial charge on any atom is 0.0587 e. The van der Waals surface area contributed by atoms with Crippen molar-refractivity contribution in [2.75, 3.05) is 33.8 Å². The Morgan fingerprint density at radius 3 is 2.65 bits per heavy atom. The number of nitrogens with zero attached hydrogens (tertiary/aromatic N) is 1. The Kier molecular flexibility index (Phi) is 5.90. The summed E-state index contributed by atoms with van der Waals surface area (Å²) in [5.74, 6) is 0. The summed E-state index contributed by atoms with van der Waals surface area (Å²) in [6.07, 6.45) is 3.95. The van der Waals surface area contributed by atoms with Crippen molar-refractivity contribution in [1.82, 2.24) is 10.2 Å². The third kappa shape index (κ3) is 5.84. The Morgan fingerprint density at radius 1 is 1.35 bits per heavy atom. The Hall–Kier alpha value is -0.120. The smallest absolute Gasteiger partial charge is 0.0587 e. The zero-order valence-corrected chi connectivity index (χ0v) is 12.3. The number of ether oxygens (including phenoxy) is 1. The third-order valence-corrected chi connectivity index (χ3v) is 3.44. The van der Waals surface area contributed by atoms with Gasteiger partial charge in [-0.25, -0.2) is 0 Å². The first-order valence-electron chi connectivity index (χ1n) is 6.92. The van der Waals surface area contributed by atoms with E-state index in [0.717, 1.165) is 32.5 Å². The van der Waals surface area contributed by atoms with Gasteiger partial charge in [0.1, 0.15) is 0 Å². The van der Waals surface area contributed by atoms with Gasteiger partial charge in [-0.3, -0.25) is 0 Å². The summed E-state index contributed by atoms with van der Waals surface area (Å²) in [7, 11) is 4.28. The summed E-state index contributed by atoms with van der Waals surface area (Å²) in [4.78, 5) is 2.26. The van der Waals surface area contributed by atoms with Gasteiger partial charge < -0.3 is 15.0 Å². The van der Waals surface area contributed by atoms with E-state index in [4.69, 9.17) is 4.74 Å². The second kappa shape index (κ2) is 6.72. The van der Waals surface area contributed by atoms with Crippen LogP contribution >= 0.6 is 0 Å². The van der Waals surface area contributed by atoms with E-state index < -0.39 is 0 Å². The molecule has 1 rings (SSSR count). The summed E-state index contributed by atoms with van der Waals surface area (Å²) in [6.45, 7) is 10.0. The third-order valence-electron chi connectivity index (χ3n) is 3.44. The quantitative estimate of drug-likeness (QED) is 0.772. The molecular formula is C14H30N2O. The highest BCUT2D eigenvalue weighted by Gasteiger charge is 2.24. The zero-order valence-electron chi connectivity index (χ0n) is 12.3. The molecule has 0 aromatic rings. The molecule has 3 nitrogen and oxygen atoms in total. The monoisotopic (exact) mass is 242 g/mol. The van der Waals surface area contributed by atoms with Gasteiger partial charge >= 0.3 is 0 Å². The number of rotatable bonds is 6. The highest BCUT2D eigenvalue weighted by atomic mass is 16.5. The van der Waals surface area contributed by atoms with Gasteiger partial charge in [-0.1, -0.05) is 20.8 Å². The van der Waals surface area contributed by atoms with Crippen molar-refractivity contribution in [2.24, 2.45) is 5.41 Å². The molecule has 0 aromatic heterocycles. The van der Waals surface area contributed by atoms with Crippen LogP contribution in [0.2, 0.25) is 0 Å². The molecule has 1 saturated heterocycles. The largest absolute Gasteiger partial charge is 0.378 e. The van der Waals surface area contributed by atoms with E-state index in [-0.39, 0.29) is 0 Å². The van der Waals surface area contributed by atoms with Gasteiger partial charge in [0.25, 0.3) is 0 Å². The molecule has 1 fully saturated rings. The lowest BCUT2D eigenvalue weighted by Crippen LogP contribution is -2.45. The summed E-state index contributed by atoms with van der Waals surface area (Å²) >= 11 is 0. The fraction of sp³-hybridized carbons (Fsp3) is 1.00. The molecule has 0 amide bonds. The van der Waals surface area contributed by atoms with Crippen LogP contribution in [-0.4, -0.2) is 50.8 Å². The van der Waals surface area contributed by atoms with E-state index >= 15 is 0 Å². The molecule has 1 heterocycles. The second-order valence-electron chi connectivity index (χ2n) is 6.41. The van der Waals surface area contributed by atoms with E-state index in [0.29, 0.717) is 17.6 Å². The first kappa shape index (κ1) is 14.9. The lowest BCUT2D eigenvalue weighted by Gasteiger charge is -2.34. The molecule has 0 spiro atoms. The molecule has 0 aliphatic carbocycles. The van der Waals surface area contributed by atoms with Gasteiger partial charge in [0, 0.05) is 25.7 Å². The van der Waals surface area contributed by atoms with Crippen LogP contribution in [0.1, 0.15) is 40.0 Å². The first-order chi connectivity index (χ1) is 7.93. The summed E-state index contributed by atoms with van der Waals surface area (Å²) in [6, 6.07) is 0.648. The average molecular weight is 242 g/mol. The number of hydrogen-bond donors (Lipinski definition) is 1. The van der Waals surface area contributed by atoms with Crippen molar-refractivity contribution >= 4 is 0 Å². The lowest BCUT2D eigenvalue weighted by atomic mass is 9.91. The van der Waals surface area contributed by atoms with Gasteiger partial charge in [0.05, 0.1) is 6.10 Å². The van der Waals surface area contributed by atoms with Crippen molar-refractivity contribution in [3.63, 3.8) is 0 Å². The maximum absolute atomic E-state index is 5.71. The van der Waals surface area contributed by atoms with Crippen molar-refractivity contribution in [2.45, 2.75) is 52.2 Å². The summed E-state index contributed by atoms with van der Waals surface area (Å²) in [5, 5.41) is 3.72. The van der Waals surface area contributed by atoms with Gasteiger partial charge in [-0.05, 0) is 38.8 Å². The Bertz CT molecular complexity index is 216. The molecular weight excluding hydrogens is 212 g/mol. The van der Waals surface area contributed by atoms with E-state index in [9.17, 15) is 0 Å². The highest BCUT2D eigenvalue weighted by molar-refractivity contribution is 4.81. The SMILES string of the molecule is CCC1CC(NCC(C)(C)CN(C)C)CCO1. The molecule has 17 heavy (non-hydrogen) atoms. The van der Waals surface area contributed by atoms with Crippen LogP contribution in [-0.2, 0) is 4.74 Å². The van der Waals surface area contributed by atoms with Gasteiger partial charge in [-0.2, -0.15) is 0 Å².